The van der Waals surface area contributed by atoms with Crippen molar-refractivity contribution >= 4 is 34.0 Å². The lowest BCUT2D eigenvalue weighted by atomic mass is 10.0. The standard InChI is InChI=1S/C31H41N3O8S/c1-25(9-8-14-34(15-18-35)31(38)42-22-26-10-4-2-5-11-26)32-30(37)28(21-29(36)33-16-19-41-20-17-33)24-43(39,40)23-27-12-6-3-7-13-27/h2-7,10-13,18,25,28H,8-9,14-17,19-24H2,1H3,(H,32,37). The molecular formula is C31H41N3O8S. The maximum atomic E-state index is 13.3. The second kappa shape index (κ2) is 17.4. The summed E-state index contributed by atoms with van der Waals surface area (Å²) in [5.74, 6) is -2.56. The van der Waals surface area contributed by atoms with Crippen molar-refractivity contribution in [3.05, 3.63) is 71.8 Å². The van der Waals surface area contributed by atoms with Gasteiger partial charge in [0.15, 0.2) is 9.84 Å². The Bertz CT molecular complexity index is 1280. The number of sulfone groups is 1. The zero-order valence-corrected chi connectivity index (χ0v) is 25.4. The first-order chi connectivity index (χ1) is 20.7. The molecule has 3 amide bonds. The van der Waals surface area contributed by atoms with E-state index < -0.39 is 33.5 Å². The highest BCUT2D eigenvalue weighted by atomic mass is 32.2. The molecule has 2 aromatic rings. The van der Waals surface area contributed by atoms with Crippen molar-refractivity contribution < 1.29 is 37.1 Å². The zero-order valence-electron chi connectivity index (χ0n) is 24.6. The molecule has 0 saturated carbocycles. The molecule has 0 bridgehead atoms. The molecule has 2 unspecified atom stereocenters. The summed E-state index contributed by atoms with van der Waals surface area (Å²) in [6.45, 7) is 3.54. The normalized spacial score (nSPS) is 14.8. The summed E-state index contributed by atoms with van der Waals surface area (Å²) >= 11 is 0. The number of carbonyl (C=O) groups is 4. The summed E-state index contributed by atoms with van der Waals surface area (Å²) in [4.78, 5) is 52.9. The lowest BCUT2D eigenvalue weighted by Gasteiger charge is -2.28. The van der Waals surface area contributed by atoms with Gasteiger partial charge in [-0.25, -0.2) is 13.2 Å². The van der Waals surface area contributed by atoms with Crippen LogP contribution >= 0.6 is 0 Å². The Hall–Kier alpha value is -3.77. The van der Waals surface area contributed by atoms with Crippen LogP contribution in [0.5, 0.6) is 0 Å². The van der Waals surface area contributed by atoms with E-state index in [1.807, 2.05) is 30.3 Å². The highest BCUT2D eigenvalue weighted by molar-refractivity contribution is 7.90. The van der Waals surface area contributed by atoms with Gasteiger partial charge in [-0.3, -0.25) is 9.59 Å². The number of hydrogen-bond acceptors (Lipinski definition) is 8. The van der Waals surface area contributed by atoms with E-state index in [0.29, 0.717) is 51.0 Å². The van der Waals surface area contributed by atoms with Crippen LogP contribution in [0.2, 0.25) is 0 Å². The van der Waals surface area contributed by atoms with Crippen LogP contribution in [0.1, 0.15) is 37.3 Å². The van der Waals surface area contributed by atoms with Crippen molar-refractivity contribution in [2.24, 2.45) is 5.92 Å². The highest BCUT2D eigenvalue weighted by Crippen LogP contribution is 2.16. The lowest BCUT2D eigenvalue weighted by Crippen LogP contribution is -2.45. The molecule has 43 heavy (non-hydrogen) atoms. The predicted molar refractivity (Wildman–Crippen MR) is 161 cm³/mol. The first kappa shape index (κ1) is 33.7. The number of nitrogens with zero attached hydrogens (tertiary/aromatic N) is 2. The minimum atomic E-state index is -3.71. The minimum Gasteiger partial charge on any atom is -0.445 e. The summed E-state index contributed by atoms with van der Waals surface area (Å²) in [6, 6.07) is 17.5. The molecular weight excluding hydrogens is 574 g/mol. The van der Waals surface area contributed by atoms with E-state index in [-0.39, 0.29) is 43.8 Å². The van der Waals surface area contributed by atoms with Gasteiger partial charge in [0.2, 0.25) is 11.8 Å². The fourth-order valence-electron chi connectivity index (χ4n) is 4.75. The Labute approximate surface area is 253 Å². The third-order valence-corrected chi connectivity index (χ3v) is 8.74. The van der Waals surface area contributed by atoms with Crippen molar-refractivity contribution in [2.45, 2.75) is 44.6 Å². The van der Waals surface area contributed by atoms with E-state index >= 15 is 0 Å². The number of rotatable bonds is 16. The van der Waals surface area contributed by atoms with Gasteiger partial charge >= 0.3 is 6.09 Å². The molecule has 1 saturated heterocycles. The summed E-state index contributed by atoms with van der Waals surface area (Å²) in [7, 11) is -3.71. The monoisotopic (exact) mass is 615 g/mol. The average Bonchev–Trinajstić information content (AvgIpc) is 3.00. The van der Waals surface area contributed by atoms with Crippen molar-refractivity contribution in [2.75, 3.05) is 45.1 Å². The Morgan fingerprint density at radius 2 is 1.65 bits per heavy atom. The Morgan fingerprint density at radius 3 is 2.28 bits per heavy atom. The smallest absolute Gasteiger partial charge is 0.410 e. The molecule has 11 nitrogen and oxygen atoms in total. The topological polar surface area (TPSA) is 139 Å². The van der Waals surface area contributed by atoms with Gasteiger partial charge in [0, 0.05) is 32.1 Å². The number of aldehydes is 1. The van der Waals surface area contributed by atoms with E-state index in [2.05, 4.69) is 5.32 Å². The molecule has 12 heteroatoms. The number of nitrogens with one attached hydrogen (secondary N) is 1. The van der Waals surface area contributed by atoms with Crippen LogP contribution in [0, 0.1) is 5.92 Å². The molecule has 2 aromatic carbocycles. The second-order valence-electron chi connectivity index (χ2n) is 10.6. The van der Waals surface area contributed by atoms with Crippen molar-refractivity contribution in [3.8, 4) is 0 Å². The van der Waals surface area contributed by atoms with Gasteiger partial charge in [-0.1, -0.05) is 60.7 Å². The SMILES string of the molecule is CC(CCCN(CC=O)C(=O)OCc1ccccc1)NC(=O)C(CC(=O)N1CCOCC1)CS(=O)(=O)Cc1ccccc1. The minimum absolute atomic E-state index is 0.0826. The first-order valence-electron chi connectivity index (χ1n) is 14.5. The molecule has 0 aromatic heterocycles. The van der Waals surface area contributed by atoms with Gasteiger partial charge in [0.1, 0.15) is 12.9 Å². The van der Waals surface area contributed by atoms with E-state index in [4.69, 9.17) is 9.47 Å². The molecule has 1 heterocycles. The van der Waals surface area contributed by atoms with Crippen molar-refractivity contribution in [3.63, 3.8) is 0 Å². The predicted octanol–water partition coefficient (Wildman–Crippen LogP) is 2.59. The number of hydrogen-bond donors (Lipinski definition) is 1. The first-order valence-corrected chi connectivity index (χ1v) is 16.3. The maximum absolute atomic E-state index is 13.3. The molecule has 1 aliphatic rings. The molecule has 2 atom stereocenters. The van der Waals surface area contributed by atoms with Crippen molar-refractivity contribution in [1.82, 2.24) is 15.1 Å². The summed E-state index contributed by atoms with van der Waals surface area (Å²) < 4.78 is 36.8. The Kier molecular flexibility index (Phi) is 13.6. The molecule has 1 aliphatic heterocycles. The molecule has 3 rings (SSSR count). The van der Waals surface area contributed by atoms with E-state index in [9.17, 15) is 27.6 Å². The molecule has 1 fully saturated rings. The van der Waals surface area contributed by atoms with Crippen LogP contribution in [0.3, 0.4) is 0 Å². The van der Waals surface area contributed by atoms with E-state index in [1.165, 1.54) is 4.90 Å². The molecule has 0 radical (unpaired) electrons. The number of carbonyl (C=O) groups excluding carboxylic acids is 4. The number of ether oxygens (including phenoxy) is 2. The Balaban J connectivity index is 1.56. The summed E-state index contributed by atoms with van der Waals surface area (Å²) in [5.41, 5.74) is 1.43. The summed E-state index contributed by atoms with van der Waals surface area (Å²) in [6.07, 6.45) is 0.694. The molecule has 0 aliphatic carbocycles. The lowest BCUT2D eigenvalue weighted by molar-refractivity contribution is -0.139. The van der Waals surface area contributed by atoms with Gasteiger partial charge in [-0.2, -0.15) is 0 Å². The summed E-state index contributed by atoms with van der Waals surface area (Å²) in [5, 5.41) is 2.85. The quantitative estimate of drug-likeness (QED) is 0.284. The number of benzene rings is 2. The van der Waals surface area contributed by atoms with Gasteiger partial charge < -0.3 is 29.4 Å². The van der Waals surface area contributed by atoms with Crippen LogP contribution in [-0.4, -0.2) is 93.6 Å². The molecule has 234 valence electrons. The van der Waals surface area contributed by atoms with E-state index in [0.717, 1.165) is 5.56 Å². The maximum Gasteiger partial charge on any atom is 0.410 e. The fourth-order valence-corrected chi connectivity index (χ4v) is 6.45. The van der Waals surface area contributed by atoms with Gasteiger partial charge in [-0.05, 0) is 30.9 Å². The number of amides is 3. The largest absolute Gasteiger partial charge is 0.445 e. The third kappa shape index (κ3) is 12.2. The number of morpholine rings is 1. The van der Waals surface area contributed by atoms with Crippen LogP contribution in [-0.2, 0) is 46.1 Å². The average molecular weight is 616 g/mol. The van der Waals surface area contributed by atoms with Crippen LogP contribution in [0.25, 0.3) is 0 Å². The molecule has 1 N–H and O–H groups in total. The van der Waals surface area contributed by atoms with Crippen LogP contribution in [0.15, 0.2) is 60.7 Å². The van der Waals surface area contributed by atoms with Crippen LogP contribution in [0.4, 0.5) is 4.79 Å². The fraction of sp³-hybridized carbons (Fsp3) is 0.484. The van der Waals surface area contributed by atoms with Gasteiger partial charge in [-0.15, -0.1) is 0 Å². The Morgan fingerprint density at radius 1 is 1.02 bits per heavy atom. The second-order valence-corrected chi connectivity index (χ2v) is 12.7. The zero-order chi connectivity index (χ0) is 31.1. The van der Waals surface area contributed by atoms with Gasteiger partial charge in [0.25, 0.3) is 0 Å². The van der Waals surface area contributed by atoms with E-state index in [1.54, 1.807) is 42.2 Å². The highest BCUT2D eigenvalue weighted by Gasteiger charge is 2.31. The third-order valence-electron chi connectivity index (χ3n) is 7.05. The van der Waals surface area contributed by atoms with Crippen molar-refractivity contribution in [1.29, 1.82) is 0 Å². The van der Waals surface area contributed by atoms with Crippen LogP contribution < -0.4 is 5.32 Å². The van der Waals surface area contributed by atoms with Gasteiger partial charge in [0.05, 0.1) is 37.2 Å². The molecule has 0 spiro atoms.